The number of nitrogens with one attached hydrogen (secondary N) is 1. The first-order chi connectivity index (χ1) is 12.1. The number of aliphatic hydroxyl groups is 1. The Morgan fingerprint density at radius 1 is 1.36 bits per heavy atom. The number of carbonyl (C=O) groups is 1. The predicted molar refractivity (Wildman–Crippen MR) is 90.9 cm³/mol. The number of ether oxygens (including phenoxy) is 1. The number of aryl methyl sites for hydroxylation is 1. The van der Waals surface area contributed by atoms with E-state index in [1.54, 1.807) is 30.0 Å². The SMILES string of the molecule is COc1ccc(-n2nc(C(=O)NC(CO)c3ccco3)cc2C)cc1. The lowest BCUT2D eigenvalue weighted by Crippen LogP contribution is -2.30. The van der Waals surface area contributed by atoms with Crippen LogP contribution in [0.15, 0.2) is 53.1 Å². The molecule has 3 aromatic rings. The van der Waals surface area contributed by atoms with Crippen LogP contribution in [0.5, 0.6) is 5.75 Å². The first kappa shape index (κ1) is 16.8. The highest BCUT2D eigenvalue weighted by Crippen LogP contribution is 2.18. The van der Waals surface area contributed by atoms with E-state index in [0.29, 0.717) is 5.76 Å². The maximum Gasteiger partial charge on any atom is 0.272 e. The van der Waals surface area contributed by atoms with Crippen LogP contribution in [-0.2, 0) is 0 Å². The molecule has 7 nitrogen and oxygen atoms in total. The lowest BCUT2D eigenvalue weighted by molar-refractivity contribution is 0.0902. The summed E-state index contributed by atoms with van der Waals surface area (Å²) < 4.78 is 12.1. The van der Waals surface area contributed by atoms with E-state index in [1.807, 2.05) is 31.2 Å². The van der Waals surface area contributed by atoms with Crippen molar-refractivity contribution < 1.29 is 19.1 Å². The van der Waals surface area contributed by atoms with Gasteiger partial charge in [0.15, 0.2) is 5.69 Å². The Balaban J connectivity index is 1.80. The molecular formula is C18H19N3O4. The Hall–Kier alpha value is -3.06. The van der Waals surface area contributed by atoms with E-state index >= 15 is 0 Å². The van der Waals surface area contributed by atoms with E-state index < -0.39 is 6.04 Å². The number of nitrogens with zero attached hydrogens (tertiary/aromatic N) is 2. The zero-order chi connectivity index (χ0) is 17.8. The van der Waals surface area contributed by atoms with Gasteiger partial charge in [0.05, 0.1) is 25.7 Å². The normalized spacial score (nSPS) is 12.0. The number of hydrogen-bond acceptors (Lipinski definition) is 5. The van der Waals surface area contributed by atoms with Gasteiger partial charge in [-0.15, -0.1) is 0 Å². The van der Waals surface area contributed by atoms with Gasteiger partial charge in [-0.3, -0.25) is 4.79 Å². The van der Waals surface area contributed by atoms with Crippen LogP contribution in [0.25, 0.3) is 5.69 Å². The predicted octanol–water partition coefficient (Wildman–Crippen LogP) is 2.25. The topological polar surface area (TPSA) is 89.5 Å². The molecule has 1 amide bonds. The van der Waals surface area contributed by atoms with E-state index in [-0.39, 0.29) is 18.2 Å². The van der Waals surface area contributed by atoms with Crippen LogP contribution < -0.4 is 10.1 Å². The molecule has 2 aromatic heterocycles. The van der Waals surface area contributed by atoms with Gasteiger partial charge in [0.1, 0.15) is 17.6 Å². The van der Waals surface area contributed by atoms with Gasteiger partial charge >= 0.3 is 0 Å². The summed E-state index contributed by atoms with van der Waals surface area (Å²) in [5.41, 5.74) is 1.90. The Morgan fingerprint density at radius 3 is 2.72 bits per heavy atom. The maximum absolute atomic E-state index is 12.4. The molecule has 0 saturated heterocycles. The summed E-state index contributed by atoms with van der Waals surface area (Å²) in [4.78, 5) is 12.4. The lowest BCUT2D eigenvalue weighted by Gasteiger charge is -2.12. The largest absolute Gasteiger partial charge is 0.497 e. The number of benzene rings is 1. The number of amides is 1. The molecule has 0 saturated carbocycles. The second-order valence-electron chi connectivity index (χ2n) is 5.50. The molecule has 3 rings (SSSR count). The number of aliphatic hydroxyl groups excluding tert-OH is 1. The van der Waals surface area contributed by atoms with Crippen LogP contribution in [0.3, 0.4) is 0 Å². The molecule has 0 aliphatic heterocycles. The minimum atomic E-state index is -0.617. The Labute approximate surface area is 144 Å². The summed E-state index contributed by atoms with van der Waals surface area (Å²) in [6.07, 6.45) is 1.49. The van der Waals surface area contributed by atoms with Crippen molar-refractivity contribution in [3.8, 4) is 11.4 Å². The second kappa shape index (κ2) is 7.23. The summed E-state index contributed by atoms with van der Waals surface area (Å²) in [6.45, 7) is 1.60. The van der Waals surface area contributed by atoms with Gasteiger partial charge in [-0.25, -0.2) is 4.68 Å². The standard InChI is InChI=1S/C18H19N3O4/c1-12-10-15(18(23)19-16(11-22)17-4-3-9-25-17)20-21(12)13-5-7-14(24-2)8-6-13/h3-10,16,22H,11H2,1-2H3,(H,19,23). The lowest BCUT2D eigenvalue weighted by atomic mass is 10.2. The summed E-state index contributed by atoms with van der Waals surface area (Å²) in [5, 5.41) is 16.5. The van der Waals surface area contributed by atoms with Gasteiger partial charge < -0.3 is 19.6 Å². The van der Waals surface area contributed by atoms with E-state index in [1.165, 1.54) is 6.26 Å². The average molecular weight is 341 g/mol. The van der Waals surface area contributed by atoms with Crippen LogP contribution in [0.1, 0.15) is 28.0 Å². The zero-order valence-corrected chi connectivity index (χ0v) is 14.0. The molecule has 1 unspecified atom stereocenters. The summed E-state index contributed by atoms with van der Waals surface area (Å²) >= 11 is 0. The molecule has 130 valence electrons. The van der Waals surface area contributed by atoms with Gasteiger partial charge in [0.2, 0.25) is 0 Å². The van der Waals surface area contributed by atoms with Crippen LogP contribution >= 0.6 is 0 Å². The number of carbonyl (C=O) groups excluding carboxylic acids is 1. The molecule has 0 radical (unpaired) electrons. The molecule has 0 bridgehead atoms. The third kappa shape index (κ3) is 3.56. The first-order valence-corrected chi connectivity index (χ1v) is 7.78. The van der Waals surface area contributed by atoms with Gasteiger partial charge in [0.25, 0.3) is 5.91 Å². The highest BCUT2D eigenvalue weighted by Gasteiger charge is 2.20. The average Bonchev–Trinajstić information content (AvgIpc) is 3.29. The zero-order valence-electron chi connectivity index (χ0n) is 14.0. The maximum atomic E-state index is 12.4. The molecule has 0 spiro atoms. The number of aromatic nitrogens is 2. The fourth-order valence-corrected chi connectivity index (χ4v) is 2.50. The second-order valence-corrected chi connectivity index (χ2v) is 5.50. The van der Waals surface area contributed by atoms with Crippen LogP contribution in [0.2, 0.25) is 0 Å². The number of rotatable bonds is 6. The van der Waals surface area contributed by atoms with Crippen molar-refractivity contribution >= 4 is 5.91 Å². The quantitative estimate of drug-likeness (QED) is 0.718. The van der Waals surface area contributed by atoms with Crippen LogP contribution in [0, 0.1) is 6.92 Å². The Morgan fingerprint density at radius 2 is 2.12 bits per heavy atom. The van der Waals surface area contributed by atoms with Crippen molar-refractivity contribution in [2.75, 3.05) is 13.7 Å². The molecule has 1 aromatic carbocycles. The Kier molecular flexibility index (Phi) is 4.85. The summed E-state index contributed by atoms with van der Waals surface area (Å²) in [5.74, 6) is 0.851. The minimum Gasteiger partial charge on any atom is -0.497 e. The van der Waals surface area contributed by atoms with Crippen molar-refractivity contribution in [3.63, 3.8) is 0 Å². The Bertz CT molecular complexity index is 838. The molecule has 2 heterocycles. The van der Waals surface area contributed by atoms with Gasteiger partial charge in [0, 0.05) is 5.69 Å². The third-order valence-corrected chi connectivity index (χ3v) is 3.81. The van der Waals surface area contributed by atoms with E-state index in [0.717, 1.165) is 17.1 Å². The van der Waals surface area contributed by atoms with Crippen molar-refractivity contribution in [2.24, 2.45) is 0 Å². The van der Waals surface area contributed by atoms with Crippen molar-refractivity contribution in [1.82, 2.24) is 15.1 Å². The third-order valence-electron chi connectivity index (χ3n) is 3.81. The molecule has 2 N–H and O–H groups in total. The molecule has 1 atom stereocenters. The fraction of sp³-hybridized carbons (Fsp3) is 0.222. The molecule has 0 fully saturated rings. The fourth-order valence-electron chi connectivity index (χ4n) is 2.50. The highest BCUT2D eigenvalue weighted by molar-refractivity contribution is 5.92. The first-order valence-electron chi connectivity index (χ1n) is 7.78. The monoisotopic (exact) mass is 341 g/mol. The molecule has 25 heavy (non-hydrogen) atoms. The number of hydrogen-bond donors (Lipinski definition) is 2. The van der Waals surface area contributed by atoms with Gasteiger partial charge in [-0.2, -0.15) is 5.10 Å². The molecular weight excluding hydrogens is 322 g/mol. The number of methoxy groups -OCH3 is 1. The smallest absolute Gasteiger partial charge is 0.272 e. The van der Waals surface area contributed by atoms with Gasteiger partial charge in [-0.1, -0.05) is 0 Å². The van der Waals surface area contributed by atoms with Crippen molar-refractivity contribution in [1.29, 1.82) is 0 Å². The summed E-state index contributed by atoms with van der Waals surface area (Å²) in [6, 6.07) is 11.9. The summed E-state index contributed by atoms with van der Waals surface area (Å²) in [7, 11) is 1.60. The van der Waals surface area contributed by atoms with E-state index in [2.05, 4.69) is 10.4 Å². The van der Waals surface area contributed by atoms with Gasteiger partial charge in [-0.05, 0) is 49.4 Å². The molecule has 0 aliphatic rings. The van der Waals surface area contributed by atoms with E-state index in [9.17, 15) is 9.90 Å². The molecule has 0 aliphatic carbocycles. The highest BCUT2D eigenvalue weighted by atomic mass is 16.5. The molecule has 7 heteroatoms. The minimum absolute atomic E-state index is 0.262. The van der Waals surface area contributed by atoms with Crippen LogP contribution in [-0.4, -0.2) is 34.5 Å². The van der Waals surface area contributed by atoms with Crippen molar-refractivity contribution in [2.45, 2.75) is 13.0 Å². The van der Waals surface area contributed by atoms with E-state index in [4.69, 9.17) is 9.15 Å². The van der Waals surface area contributed by atoms with Crippen molar-refractivity contribution in [3.05, 3.63) is 65.9 Å². The number of furan rings is 1. The van der Waals surface area contributed by atoms with Crippen LogP contribution in [0.4, 0.5) is 0 Å².